The van der Waals surface area contributed by atoms with Crippen molar-refractivity contribution in [2.75, 3.05) is 0 Å². The normalized spacial score (nSPS) is 0.833. The molecule has 0 aromatic carbocycles. The van der Waals surface area contributed by atoms with E-state index in [4.69, 9.17) is 26.3 Å². The van der Waals surface area contributed by atoms with E-state index in [2.05, 4.69) is 32.9 Å². The SMILES string of the molecule is C#N.C#N.C#N.C#N.C#N.N.[NaH]. The van der Waals surface area contributed by atoms with Crippen LogP contribution in [0.2, 0.25) is 0 Å². The Kier molecular flexibility index (Phi) is 1740. The first-order valence-electron chi connectivity index (χ1n) is 1.29. The van der Waals surface area contributed by atoms with Gasteiger partial charge >= 0.3 is 29.6 Å². The summed E-state index contributed by atoms with van der Waals surface area (Å²) in [6.45, 7) is 17.5. The van der Waals surface area contributed by atoms with Crippen LogP contribution in [0.15, 0.2) is 0 Å². The van der Waals surface area contributed by atoms with Gasteiger partial charge in [0.15, 0.2) is 0 Å². The van der Waals surface area contributed by atoms with Gasteiger partial charge in [0.1, 0.15) is 0 Å². The van der Waals surface area contributed by atoms with Crippen LogP contribution in [0.3, 0.4) is 0 Å². The molecule has 0 aromatic rings. The second-order valence-electron chi connectivity index (χ2n) is 0. The molecule has 0 rings (SSSR count). The van der Waals surface area contributed by atoms with Crippen molar-refractivity contribution in [3.63, 3.8) is 0 Å². The van der Waals surface area contributed by atoms with E-state index in [1.165, 1.54) is 0 Å². The number of hydrogen-bond acceptors (Lipinski definition) is 6. The second-order valence-corrected chi connectivity index (χ2v) is 0. The first kappa shape index (κ1) is 79.3. The van der Waals surface area contributed by atoms with Crippen LogP contribution < -0.4 is 6.15 Å². The molecule has 12 heavy (non-hydrogen) atoms. The van der Waals surface area contributed by atoms with Gasteiger partial charge in [0.25, 0.3) is 0 Å². The zero-order chi connectivity index (χ0) is 10.0. The van der Waals surface area contributed by atoms with Gasteiger partial charge in [-0.2, -0.15) is 0 Å². The summed E-state index contributed by atoms with van der Waals surface area (Å²) in [5.74, 6) is 0. The van der Waals surface area contributed by atoms with Crippen LogP contribution in [-0.2, 0) is 0 Å². The van der Waals surface area contributed by atoms with Crippen molar-refractivity contribution in [3.8, 4) is 32.9 Å². The Morgan fingerprint density at radius 1 is 0.417 bits per heavy atom. The zero-order valence-electron chi connectivity index (χ0n) is 5.83. The summed E-state index contributed by atoms with van der Waals surface area (Å²) < 4.78 is 0. The van der Waals surface area contributed by atoms with E-state index >= 15 is 0 Å². The van der Waals surface area contributed by atoms with E-state index < -0.39 is 0 Å². The van der Waals surface area contributed by atoms with Crippen molar-refractivity contribution in [1.82, 2.24) is 6.15 Å². The monoisotopic (exact) mass is 176 g/mol. The zero-order valence-corrected chi connectivity index (χ0v) is 5.83. The van der Waals surface area contributed by atoms with Gasteiger partial charge in [-0.3, -0.25) is 0 Å². The Morgan fingerprint density at radius 2 is 0.417 bits per heavy atom. The number of nitriles is 5. The average molecular weight is 176 g/mol. The quantitative estimate of drug-likeness (QED) is 0.520. The molecule has 0 saturated carbocycles. The van der Waals surface area contributed by atoms with Crippen LogP contribution in [0.4, 0.5) is 0 Å². The Balaban J connectivity index is -0.00000000500. The third-order valence-corrected chi connectivity index (χ3v) is 0. The third kappa shape index (κ3) is 183. The molecule has 0 heterocycles. The van der Waals surface area contributed by atoms with Gasteiger partial charge in [0, 0.05) is 32.9 Å². The third-order valence-electron chi connectivity index (χ3n) is 0. The minimum atomic E-state index is 0. The Morgan fingerprint density at radius 3 is 0.417 bits per heavy atom. The minimum absolute atomic E-state index is 0. The fourth-order valence-corrected chi connectivity index (χ4v) is 0. The molecule has 0 amide bonds. The van der Waals surface area contributed by atoms with E-state index in [9.17, 15) is 0 Å². The van der Waals surface area contributed by atoms with Gasteiger partial charge in [0.2, 0.25) is 0 Å². The topological polar surface area (TPSA) is 154 Å². The molecular weight excluding hydrogens is 167 g/mol. The number of hydrogen-bond donors (Lipinski definition) is 1. The van der Waals surface area contributed by atoms with E-state index in [1.54, 1.807) is 0 Å². The van der Waals surface area contributed by atoms with Crippen molar-refractivity contribution in [2.45, 2.75) is 0 Å². The maximum atomic E-state index is 6.50. The van der Waals surface area contributed by atoms with Gasteiger partial charge in [0.05, 0.1) is 0 Å². The predicted molar refractivity (Wildman–Crippen MR) is 45.5 cm³/mol. The summed E-state index contributed by atoms with van der Waals surface area (Å²) in [6.07, 6.45) is 0. The second kappa shape index (κ2) is 263. The van der Waals surface area contributed by atoms with Crippen LogP contribution in [0.25, 0.3) is 0 Å². The van der Waals surface area contributed by atoms with E-state index in [0.29, 0.717) is 0 Å². The van der Waals surface area contributed by atoms with Crippen molar-refractivity contribution in [3.05, 3.63) is 0 Å². The molecule has 3 N–H and O–H groups in total. The molecule has 0 aliphatic heterocycles. The van der Waals surface area contributed by atoms with Gasteiger partial charge < -0.3 is 6.15 Å². The molecule has 0 fully saturated rings. The van der Waals surface area contributed by atoms with Crippen molar-refractivity contribution in [2.24, 2.45) is 0 Å². The molecule has 0 atom stereocenters. The standard InChI is InChI=1S/5CHN.H3N.Na.H/c5*1-2;;;/h5*1H;1H3;;. The van der Waals surface area contributed by atoms with Gasteiger partial charge in [-0.25, -0.2) is 26.3 Å². The summed E-state index contributed by atoms with van der Waals surface area (Å²) in [7, 11) is 0. The average Bonchev–Trinajstić information content (AvgIpc) is 2.20. The van der Waals surface area contributed by atoms with Crippen LogP contribution in [0, 0.1) is 59.2 Å². The van der Waals surface area contributed by atoms with Gasteiger partial charge in [-0.15, -0.1) is 0 Å². The maximum absolute atomic E-state index is 6.50. The number of rotatable bonds is 0. The Labute approximate surface area is 94.7 Å². The van der Waals surface area contributed by atoms with Gasteiger partial charge in [-0.1, -0.05) is 0 Å². The van der Waals surface area contributed by atoms with Crippen LogP contribution in [-0.4, -0.2) is 29.6 Å². The van der Waals surface area contributed by atoms with Crippen molar-refractivity contribution < 1.29 is 0 Å². The van der Waals surface area contributed by atoms with Crippen LogP contribution in [0.1, 0.15) is 0 Å². The molecule has 0 aromatic heterocycles. The summed E-state index contributed by atoms with van der Waals surface area (Å²) in [5.41, 5.74) is 0. The molecule has 0 aliphatic carbocycles. The summed E-state index contributed by atoms with van der Waals surface area (Å²) >= 11 is 0. The summed E-state index contributed by atoms with van der Waals surface area (Å²) in [6, 6.07) is 0. The molecule has 0 radical (unpaired) electrons. The molecule has 0 aliphatic rings. The Bertz CT molecular complexity index is 74.5. The van der Waals surface area contributed by atoms with Crippen LogP contribution >= 0.6 is 0 Å². The van der Waals surface area contributed by atoms with E-state index in [-0.39, 0.29) is 35.7 Å². The van der Waals surface area contributed by atoms with Gasteiger partial charge in [-0.05, 0) is 0 Å². The first-order valence-corrected chi connectivity index (χ1v) is 1.29. The van der Waals surface area contributed by atoms with Crippen molar-refractivity contribution >= 4 is 29.6 Å². The molecule has 0 spiro atoms. The fourth-order valence-electron chi connectivity index (χ4n) is 0. The Hall–Kier alpha value is -1.59. The van der Waals surface area contributed by atoms with Crippen molar-refractivity contribution in [1.29, 1.82) is 26.3 Å². The predicted octanol–water partition coefficient (Wildman–Crippen LogP) is 0.212. The molecule has 6 nitrogen and oxygen atoms in total. The summed E-state index contributed by atoms with van der Waals surface area (Å²) in [4.78, 5) is 0. The fraction of sp³-hybridized carbons (Fsp3) is 0. The molecule has 0 unspecified atom stereocenters. The molecule has 60 valence electrons. The van der Waals surface area contributed by atoms with Crippen LogP contribution in [0.5, 0.6) is 0 Å². The van der Waals surface area contributed by atoms with E-state index in [1.807, 2.05) is 0 Å². The molecule has 7 heteroatoms. The molecule has 0 bridgehead atoms. The number of nitrogens with zero attached hydrogens (tertiary/aromatic N) is 5. The van der Waals surface area contributed by atoms with E-state index in [0.717, 1.165) is 0 Å². The first-order chi connectivity index (χ1) is 5.00. The summed E-state index contributed by atoms with van der Waals surface area (Å²) in [5, 5.41) is 32.5. The molecular formula is C5H9N6Na. The molecule has 0 saturated heterocycles.